The molecule has 2 rings (SSSR count). The lowest BCUT2D eigenvalue weighted by Gasteiger charge is -2.08. The van der Waals surface area contributed by atoms with Gasteiger partial charge in [-0.2, -0.15) is 0 Å². The molecule has 0 saturated heterocycles. The van der Waals surface area contributed by atoms with E-state index in [0.717, 1.165) is 29.0 Å². The molecule has 130 valence electrons. The van der Waals surface area contributed by atoms with Gasteiger partial charge < -0.3 is 9.64 Å². The Kier molecular flexibility index (Phi) is 11.9. The van der Waals surface area contributed by atoms with Crippen LogP contribution in [0, 0.1) is 0 Å². The molecule has 0 radical (unpaired) electrons. The zero-order valence-electron chi connectivity index (χ0n) is 15.9. The molecule has 0 atom stereocenters. The molecule has 23 heavy (non-hydrogen) atoms. The van der Waals surface area contributed by atoms with Gasteiger partial charge in [-0.1, -0.05) is 47.0 Å². The van der Waals surface area contributed by atoms with Crippen LogP contribution in [-0.2, 0) is 6.54 Å². The molecule has 0 spiro atoms. The van der Waals surface area contributed by atoms with E-state index in [-0.39, 0.29) is 0 Å². The number of aromatic nitrogens is 2. The van der Waals surface area contributed by atoms with Gasteiger partial charge in [0.1, 0.15) is 11.6 Å². The fourth-order valence-electron chi connectivity index (χ4n) is 1.88. The minimum absolute atomic E-state index is 0.743. The summed E-state index contributed by atoms with van der Waals surface area (Å²) in [6.07, 6.45) is 5.92. The van der Waals surface area contributed by atoms with Crippen LogP contribution < -0.4 is 4.74 Å². The second kappa shape index (κ2) is 12.8. The lowest BCUT2D eigenvalue weighted by Crippen LogP contribution is -2.13. The second-order valence-corrected chi connectivity index (χ2v) is 5.30. The first-order valence-corrected chi connectivity index (χ1v) is 8.55. The summed E-state index contributed by atoms with van der Waals surface area (Å²) in [4.78, 5) is 10.8. The zero-order chi connectivity index (χ0) is 17.7. The highest BCUT2D eigenvalue weighted by molar-refractivity contribution is 5.79. The maximum absolute atomic E-state index is 5.17. The van der Waals surface area contributed by atoms with E-state index in [1.54, 1.807) is 7.11 Å². The summed E-state index contributed by atoms with van der Waals surface area (Å²) < 4.78 is 5.17. The van der Waals surface area contributed by atoms with Gasteiger partial charge in [-0.3, -0.25) is 0 Å². The van der Waals surface area contributed by atoms with Crippen molar-refractivity contribution in [3.63, 3.8) is 0 Å². The fourth-order valence-corrected chi connectivity index (χ4v) is 1.88. The Morgan fingerprint density at radius 2 is 1.74 bits per heavy atom. The lowest BCUT2D eigenvalue weighted by atomic mass is 10.2. The molecule has 1 aromatic heterocycles. The monoisotopic (exact) mass is 319 g/mol. The van der Waals surface area contributed by atoms with E-state index in [1.807, 2.05) is 57.2 Å². The first-order valence-electron chi connectivity index (χ1n) is 8.55. The summed E-state index contributed by atoms with van der Waals surface area (Å²) in [6, 6.07) is 5.81. The van der Waals surface area contributed by atoms with Crippen LogP contribution in [0.15, 0.2) is 24.4 Å². The SMILES string of the molecule is CC.CCCCC.COc1ccc2cnc(CN(C)C)nc2c1. The van der Waals surface area contributed by atoms with E-state index in [2.05, 4.69) is 23.8 Å². The molecule has 0 unspecified atom stereocenters. The Morgan fingerprint density at radius 3 is 2.22 bits per heavy atom. The van der Waals surface area contributed by atoms with Crippen LogP contribution >= 0.6 is 0 Å². The highest BCUT2D eigenvalue weighted by Crippen LogP contribution is 2.18. The summed E-state index contributed by atoms with van der Waals surface area (Å²) in [5.41, 5.74) is 0.922. The number of fused-ring (bicyclic) bond motifs is 1. The highest BCUT2D eigenvalue weighted by atomic mass is 16.5. The second-order valence-electron chi connectivity index (χ2n) is 5.30. The summed E-state index contributed by atoms with van der Waals surface area (Å²) in [6.45, 7) is 9.17. The predicted octanol–water partition coefficient (Wildman–Crippen LogP) is 4.92. The van der Waals surface area contributed by atoms with Crippen molar-refractivity contribution in [3.05, 3.63) is 30.2 Å². The van der Waals surface area contributed by atoms with Crippen LogP contribution in [0.25, 0.3) is 10.9 Å². The molecule has 0 bridgehead atoms. The zero-order valence-corrected chi connectivity index (χ0v) is 15.9. The topological polar surface area (TPSA) is 38.2 Å². The van der Waals surface area contributed by atoms with Crippen molar-refractivity contribution < 1.29 is 4.74 Å². The van der Waals surface area contributed by atoms with Crippen molar-refractivity contribution in [2.75, 3.05) is 21.2 Å². The van der Waals surface area contributed by atoms with Crippen LogP contribution in [-0.4, -0.2) is 36.1 Å². The van der Waals surface area contributed by atoms with Crippen molar-refractivity contribution in [2.45, 2.75) is 53.5 Å². The minimum atomic E-state index is 0.743. The number of nitrogens with zero attached hydrogens (tertiary/aromatic N) is 3. The number of rotatable bonds is 5. The third kappa shape index (κ3) is 8.50. The van der Waals surface area contributed by atoms with E-state index in [9.17, 15) is 0 Å². The Bertz CT molecular complexity index is 539. The average Bonchev–Trinajstić information content (AvgIpc) is 2.57. The van der Waals surface area contributed by atoms with Crippen LogP contribution in [0.4, 0.5) is 0 Å². The summed E-state index contributed by atoms with van der Waals surface area (Å²) in [7, 11) is 5.65. The number of benzene rings is 1. The Labute approximate surface area is 141 Å². The van der Waals surface area contributed by atoms with Gasteiger partial charge in [-0.25, -0.2) is 9.97 Å². The molecule has 0 aliphatic rings. The molecule has 1 heterocycles. The molecule has 0 aliphatic heterocycles. The van der Waals surface area contributed by atoms with E-state index >= 15 is 0 Å². The predicted molar refractivity (Wildman–Crippen MR) is 100 cm³/mol. The van der Waals surface area contributed by atoms with E-state index in [0.29, 0.717) is 0 Å². The first kappa shape index (κ1) is 21.3. The molecular weight excluding hydrogens is 286 g/mol. The van der Waals surface area contributed by atoms with Gasteiger partial charge in [-0.15, -0.1) is 0 Å². The standard InChI is InChI=1S/C12H15N3O.C5H12.C2H6/c1-15(2)8-12-13-7-9-4-5-10(16-3)6-11(9)14-12;1-3-5-4-2;1-2/h4-7H,8H2,1-3H3;3-5H2,1-2H3;1-2H3. The number of unbranched alkanes of at least 4 members (excludes halogenated alkanes) is 2. The largest absolute Gasteiger partial charge is 0.497 e. The van der Waals surface area contributed by atoms with Crippen molar-refractivity contribution in [1.29, 1.82) is 0 Å². The van der Waals surface area contributed by atoms with Crippen LogP contribution in [0.2, 0.25) is 0 Å². The highest BCUT2D eigenvalue weighted by Gasteiger charge is 2.02. The Balaban J connectivity index is 0.000000594. The third-order valence-electron chi connectivity index (χ3n) is 3.00. The summed E-state index contributed by atoms with van der Waals surface area (Å²) in [5, 5.41) is 1.03. The third-order valence-corrected chi connectivity index (χ3v) is 3.00. The Morgan fingerprint density at radius 1 is 1.09 bits per heavy atom. The van der Waals surface area contributed by atoms with Crippen molar-refractivity contribution in [3.8, 4) is 5.75 Å². The maximum atomic E-state index is 5.17. The number of hydrogen-bond donors (Lipinski definition) is 0. The summed E-state index contributed by atoms with van der Waals surface area (Å²) in [5.74, 6) is 1.65. The van der Waals surface area contributed by atoms with Gasteiger partial charge in [0.15, 0.2) is 0 Å². The molecule has 1 aromatic carbocycles. The lowest BCUT2D eigenvalue weighted by molar-refractivity contribution is 0.391. The van der Waals surface area contributed by atoms with Gasteiger partial charge in [0.05, 0.1) is 19.2 Å². The van der Waals surface area contributed by atoms with E-state index < -0.39 is 0 Å². The van der Waals surface area contributed by atoms with E-state index in [1.165, 1.54) is 19.3 Å². The molecule has 0 fully saturated rings. The van der Waals surface area contributed by atoms with Gasteiger partial charge in [-0.05, 0) is 26.2 Å². The average molecular weight is 319 g/mol. The van der Waals surface area contributed by atoms with Crippen LogP contribution in [0.3, 0.4) is 0 Å². The van der Waals surface area contributed by atoms with E-state index in [4.69, 9.17) is 4.74 Å². The summed E-state index contributed by atoms with van der Waals surface area (Å²) >= 11 is 0. The molecule has 4 nitrogen and oxygen atoms in total. The van der Waals surface area contributed by atoms with Gasteiger partial charge in [0, 0.05) is 17.6 Å². The molecule has 4 heteroatoms. The normalized spacial score (nSPS) is 9.74. The molecule has 0 N–H and O–H groups in total. The molecule has 0 saturated carbocycles. The number of hydrogen-bond acceptors (Lipinski definition) is 4. The van der Waals surface area contributed by atoms with Gasteiger partial charge in [0.25, 0.3) is 0 Å². The minimum Gasteiger partial charge on any atom is -0.497 e. The molecule has 0 amide bonds. The number of methoxy groups -OCH3 is 1. The van der Waals surface area contributed by atoms with Crippen LogP contribution in [0.5, 0.6) is 5.75 Å². The molecular formula is C19H33N3O. The Hall–Kier alpha value is -1.68. The van der Waals surface area contributed by atoms with Crippen molar-refractivity contribution >= 4 is 10.9 Å². The molecule has 0 aliphatic carbocycles. The van der Waals surface area contributed by atoms with Crippen molar-refractivity contribution in [1.82, 2.24) is 14.9 Å². The van der Waals surface area contributed by atoms with Crippen LogP contribution in [0.1, 0.15) is 52.8 Å². The smallest absolute Gasteiger partial charge is 0.142 e. The fraction of sp³-hybridized carbons (Fsp3) is 0.579. The maximum Gasteiger partial charge on any atom is 0.142 e. The first-order chi connectivity index (χ1) is 11.1. The van der Waals surface area contributed by atoms with Gasteiger partial charge in [0.2, 0.25) is 0 Å². The van der Waals surface area contributed by atoms with Gasteiger partial charge >= 0.3 is 0 Å². The van der Waals surface area contributed by atoms with Crippen molar-refractivity contribution in [2.24, 2.45) is 0 Å². The number of ether oxygens (including phenoxy) is 1. The molecule has 2 aromatic rings. The quantitative estimate of drug-likeness (QED) is 0.784.